The monoisotopic (exact) mass is 579 g/mol. The SMILES string of the molecule is CCCCCCCCCCCCCCCC(=O)NCCOP(=O)(O)OCC(O)COC(=O)CCCCCCC. The molecule has 10 heteroatoms. The maximum Gasteiger partial charge on any atom is 0.472 e. The van der Waals surface area contributed by atoms with Crippen LogP contribution in [0.25, 0.3) is 0 Å². The van der Waals surface area contributed by atoms with E-state index in [1.807, 2.05) is 0 Å². The molecule has 0 rings (SSSR count). The second-order valence-corrected chi connectivity index (χ2v) is 11.9. The number of aliphatic hydroxyl groups excluding tert-OH is 1. The fraction of sp³-hybridized carbons (Fsp3) is 0.931. The molecule has 0 radical (unpaired) electrons. The lowest BCUT2D eigenvalue weighted by Gasteiger charge is -2.15. The zero-order valence-electron chi connectivity index (χ0n) is 24.8. The predicted molar refractivity (Wildman–Crippen MR) is 155 cm³/mol. The van der Waals surface area contributed by atoms with Crippen LogP contribution in [0.5, 0.6) is 0 Å². The van der Waals surface area contributed by atoms with Gasteiger partial charge in [0.15, 0.2) is 0 Å². The standard InChI is InChI=1S/C29H58NO8P/c1-3-5-7-9-10-11-12-13-14-15-16-18-19-21-28(32)30-23-24-37-39(34,35)38-26-27(31)25-36-29(33)22-20-17-8-6-4-2/h27,31H,3-26H2,1-2H3,(H,30,32)(H,34,35). The van der Waals surface area contributed by atoms with Crippen LogP contribution in [0.15, 0.2) is 0 Å². The van der Waals surface area contributed by atoms with E-state index in [2.05, 4.69) is 19.2 Å². The van der Waals surface area contributed by atoms with Gasteiger partial charge in [-0.2, -0.15) is 0 Å². The molecule has 0 saturated carbocycles. The highest BCUT2D eigenvalue weighted by molar-refractivity contribution is 7.47. The van der Waals surface area contributed by atoms with Crippen LogP contribution in [-0.4, -0.2) is 54.3 Å². The summed E-state index contributed by atoms with van der Waals surface area (Å²) in [6, 6.07) is 0. The fourth-order valence-electron chi connectivity index (χ4n) is 4.14. The Morgan fingerprint density at radius 3 is 1.67 bits per heavy atom. The van der Waals surface area contributed by atoms with E-state index in [1.165, 1.54) is 64.2 Å². The number of rotatable bonds is 29. The maximum absolute atomic E-state index is 11.9. The highest BCUT2D eigenvalue weighted by atomic mass is 31.2. The Balaban J connectivity index is 3.61. The second kappa shape index (κ2) is 27.2. The van der Waals surface area contributed by atoms with Crippen LogP contribution in [0.4, 0.5) is 0 Å². The van der Waals surface area contributed by atoms with Crippen molar-refractivity contribution in [1.82, 2.24) is 5.32 Å². The van der Waals surface area contributed by atoms with Crippen LogP contribution in [0.3, 0.4) is 0 Å². The molecule has 0 saturated heterocycles. The molecule has 232 valence electrons. The van der Waals surface area contributed by atoms with Gasteiger partial charge in [-0.05, 0) is 12.8 Å². The molecule has 0 aliphatic carbocycles. The van der Waals surface area contributed by atoms with Gasteiger partial charge in [0.05, 0.1) is 13.2 Å². The van der Waals surface area contributed by atoms with Crippen molar-refractivity contribution in [3.63, 3.8) is 0 Å². The third-order valence-corrected chi connectivity index (χ3v) is 7.52. The Kier molecular flexibility index (Phi) is 26.5. The molecule has 0 aromatic rings. The lowest BCUT2D eigenvalue weighted by Crippen LogP contribution is -2.27. The zero-order chi connectivity index (χ0) is 29.0. The van der Waals surface area contributed by atoms with Crippen molar-refractivity contribution in [2.75, 3.05) is 26.4 Å². The first-order valence-corrected chi connectivity index (χ1v) is 17.0. The molecule has 0 fully saturated rings. The van der Waals surface area contributed by atoms with Crippen molar-refractivity contribution in [1.29, 1.82) is 0 Å². The zero-order valence-corrected chi connectivity index (χ0v) is 25.7. The smallest absolute Gasteiger partial charge is 0.463 e. The topological polar surface area (TPSA) is 131 Å². The number of hydrogen-bond acceptors (Lipinski definition) is 7. The third kappa shape index (κ3) is 28.3. The van der Waals surface area contributed by atoms with Gasteiger partial charge in [-0.15, -0.1) is 0 Å². The Bertz CT molecular complexity index is 634. The normalized spacial score (nSPS) is 13.6. The summed E-state index contributed by atoms with van der Waals surface area (Å²) in [6.45, 7) is 3.43. The number of amides is 1. The van der Waals surface area contributed by atoms with Crippen molar-refractivity contribution in [3.05, 3.63) is 0 Å². The van der Waals surface area contributed by atoms with Gasteiger partial charge in [0.2, 0.25) is 5.91 Å². The van der Waals surface area contributed by atoms with Gasteiger partial charge in [-0.3, -0.25) is 18.6 Å². The summed E-state index contributed by atoms with van der Waals surface area (Å²) >= 11 is 0. The molecule has 0 spiro atoms. The van der Waals surface area contributed by atoms with E-state index in [1.54, 1.807) is 0 Å². The molecule has 39 heavy (non-hydrogen) atoms. The molecule has 0 heterocycles. The van der Waals surface area contributed by atoms with E-state index in [-0.39, 0.29) is 32.1 Å². The van der Waals surface area contributed by atoms with Gasteiger partial charge in [0, 0.05) is 19.4 Å². The van der Waals surface area contributed by atoms with E-state index < -0.39 is 26.5 Å². The fourth-order valence-corrected chi connectivity index (χ4v) is 4.90. The van der Waals surface area contributed by atoms with Gasteiger partial charge >= 0.3 is 13.8 Å². The summed E-state index contributed by atoms with van der Waals surface area (Å²) < 4.78 is 26.4. The number of carbonyl (C=O) groups excluding carboxylic acids is 2. The van der Waals surface area contributed by atoms with E-state index in [9.17, 15) is 24.2 Å². The Morgan fingerprint density at radius 1 is 0.692 bits per heavy atom. The lowest BCUT2D eigenvalue weighted by molar-refractivity contribution is -0.147. The lowest BCUT2D eigenvalue weighted by atomic mass is 10.0. The number of phosphoric acid groups is 1. The van der Waals surface area contributed by atoms with Crippen molar-refractivity contribution in [2.45, 2.75) is 148 Å². The Labute approximate surface area is 237 Å². The molecule has 0 aromatic heterocycles. The summed E-state index contributed by atoms with van der Waals surface area (Å²) in [5, 5.41) is 12.5. The van der Waals surface area contributed by atoms with E-state index in [0.717, 1.165) is 51.4 Å². The molecule has 0 aromatic carbocycles. The maximum atomic E-state index is 11.9. The number of esters is 1. The summed E-state index contributed by atoms with van der Waals surface area (Å²) in [5.41, 5.74) is 0. The van der Waals surface area contributed by atoms with Gasteiger partial charge in [-0.25, -0.2) is 4.57 Å². The highest BCUT2D eigenvalue weighted by Gasteiger charge is 2.23. The largest absolute Gasteiger partial charge is 0.472 e. The van der Waals surface area contributed by atoms with Crippen LogP contribution in [-0.2, 0) is 27.9 Å². The summed E-state index contributed by atoms with van der Waals surface area (Å²) in [6.07, 6.45) is 20.7. The second-order valence-electron chi connectivity index (χ2n) is 10.4. The van der Waals surface area contributed by atoms with Crippen LogP contribution < -0.4 is 5.32 Å². The van der Waals surface area contributed by atoms with Gasteiger partial charge in [0.1, 0.15) is 12.7 Å². The van der Waals surface area contributed by atoms with Crippen LogP contribution in [0, 0.1) is 0 Å². The van der Waals surface area contributed by atoms with E-state index in [0.29, 0.717) is 6.42 Å². The number of phosphoric ester groups is 1. The van der Waals surface area contributed by atoms with E-state index in [4.69, 9.17) is 13.8 Å². The minimum absolute atomic E-state index is 0.0869. The Morgan fingerprint density at radius 2 is 1.15 bits per heavy atom. The number of aliphatic hydroxyl groups is 1. The van der Waals surface area contributed by atoms with Gasteiger partial charge in [-0.1, -0.05) is 117 Å². The van der Waals surface area contributed by atoms with Crippen molar-refractivity contribution in [3.8, 4) is 0 Å². The molecule has 0 bridgehead atoms. The highest BCUT2D eigenvalue weighted by Crippen LogP contribution is 2.42. The number of carbonyl (C=O) groups is 2. The minimum Gasteiger partial charge on any atom is -0.463 e. The third-order valence-electron chi connectivity index (χ3n) is 6.54. The van der Waals surface area contributed by atoms with Crippen LogP contribution >= 0.6 is 7.82 Å². The first-order valence-electron chi connectivity index (χ1n) is 15.5. The molecule has 9 nitrogen and oxygen atoms in total. The minimum atomic E-state index is -4.39. The van der Waals surface area contributed by atoms with Crippen LogP contribution in [0.2, 0.25) is 0 Å². The molecular weight excluding hydrogens is 521 g/mol. The average Bonchev–Trinajstić information content (AvgIpc) is 2.91. The Hall–Kier alpha value is -0.990. The molecule has 1 amide bonds. The molecule has 0 aliphatic heterocycles. The summed E-state index contributed by atoms with van der Waals surface area (Å²) in [5.74, 6) is -0.526. The molecule has 2 atom stereocenters. The van der Waals surface area contributed by atoms with E-state index >= 15 is 0 Å². The molecule has 2 unspecified atom stereocenters. The summed E-state index contributed by atoms with van der Waals surface area (Å²) in [7, 11) is -4.39. The number of ether oxygens (including phenoxy) is 1. The first kappa shape index (κ1) is 38.0. The van der Waals surface area contributed by atoms with Gasteiger partial charge < -0.3 is 20.1 Å². The van der Waals surface area contributed by atoms with Crippen molar-refractivity contribution >= 4 is 19.7 Å². The number of nitrogens with one attached hydrogen (secondary N) is 1. The van der Waals surface area contributed by atoms with Crippen molar-refractivity contribution in [2.24, 2.45) is 0 Å². The predicted octanol–water partition coefficient (Wildman–Crippen LogP) is 6.98. The van der Waals surface area contributed by atoms with Gasteiger partial charge in [0.25, 0.3) is 0 Å². The molecule has 3 N–H and O–H groups in total. The molecule has 0 aliphatic rings. The first-order chi connectivity index (χ1) is 18.8. The average molecular weight is 580 g/mol. The summed E-state index contributed by atoms with van der Waals surface area (Å²) in [4.78, 5) is 33.3. The molecular formula is C29H58NO8P. The quantitative estimate of drug-likeness (QED) is 0.0491. The van der Waals surface area contributed by atoms with Crippen molar-refractivity contribution < 1.29 is 37.9 Å². The van der Waals surface area contributed by atoms with Crippen LogP contribution in [0.1, 0.15) is 142 Å². The number of unbranched alkanes of at least 4 members (excludes halogenated alkanes) is 16. The number of hydrogen-bond donors (Lipinski definition) is 3.